The van der Waals surface area contributed by atoms with E-state index in [1.807, 2.05) is 38.1 Å². The Hall–Kier alpha value is -3.58. The number of benzene rings is 3. The van der Waals surface area contributed by atoms with E-state index in [1.165, 1.54) is 0 Å². The van der Waals surface area contributed by atoms with Crippen molar-refractivity contribution in [2.24, 2.45) is 5.92 Å². The summed E-state index contributed by atoms with van der Waals surface area (Å²) in [4.78, 5) is 12.0. The predicted molar refractivity (Wildman–Crippen MR) is 133 cm³/mol. The van der Waals surface area contributed by atoms with Crippen LogP contribution in [0.3, 0.4) is 0 Å². The maximum absolute atomic E-state index is 13.2. The summed E-state index contributed by atoms with van der Waals surface area (Å²) < 4.78 is 29.0. The number of sulfonamides is 1. The molecular weight excluding hydrogens is 448 g/mol. The second-order valence-corrected chi connectivity index (χ2v) is 10.7. The van der Waals surface area contributed by atoms with Crippen LogP contribution in [0.4, 0.5) is 11.4 Å². The predicted octanol–water partition coefficient (Wildman–Crippen LogP) is 5.63. The molecule has 0 aromatic heterocycles. The minimum atomic E-state index is -3.77. The average molecular weight is 475 g/mol. The number of rotatable bonds is 5. The Morgan fingerprint density at radius 3 is 2.56 bits per heavy atom. The van der Waals surface area contributed by atoms with E-state index < -0.39 is 16.0 Å². The van der Waals surface area contributed by atoms with Gasteiger partial charge in [0, 0.05) is 17.3 Å². The Morgan fingerprint density at radius 2 is 1.79 bits per heavy atom. The third-order valence-corrected chi connectivity index (χ3v) is 8.31. The first kappa shape index (κ1) is 22.2. The molecule has 174 valence electrons. The van der Waals surface area contributed by atoms with Gasteiger partial charge < -0.3 is 10.4 Å². The Morgan fingerprint density at radius 1 is 1.00 bits per heavy atom. The van der Waals surface area contributed by atoms with Crippen LogP contribution < -0.4 is 10.0 Å². The van der Waals surface area contributed by atoms with Crippen LogP contribution >= 0.6 is 0 Å². The molecule has 3 N–H and O–H groups in total. The molecule has 2 aliphatic rings. The van der Waals surface area contributed by atoms with Crippen molar-refractivity contribution >= 4 is 27.4 Å². The van der Waals surface area contributed by atoms with Gasteiger partial charge in [-0.1, -0.05) is 36.4 Å². The summed E-state index contributed by atoms with van der Waals surface area (Å²) in [5, 5.41) is 13.2. The van der Waals surface area contributed by atoms with Gasteiger partial charge in [-0.15, -0.1) is 0 Å². The van der Waals surface area contributed by atoms with E-state index in [9.17, 15) is 18.3 Å². The minimum Gasteiger partial charge on any atom is -0.478 e. The SMILES string of the molecule is Cc1ccc(NS(=O)(=O)c2ccc3c(c2)[C@H]2C=CC[C@H]2[C@@H](c2ccccc2C(=O)O)N3)cc1C. The summed E-state index contributed by atoms with van der Waals surface area (Å²) in [6.45, 7) is 3.93. The molecule has 3 aromatic rings. The Bertz CT molecular complexity index is 1430. The summed E-state index contributed by atoms with van der Waals surface area (Å²) in [5.74, 6) is -0.858. The highest BCUT2D eigenvalue weighted by molar-refractivity contribution is 7.92. The second kappa shape index (κ2) is 8.33. The standard InChI is InChI=1S/C27H26N2O4S/c1-16-10-11-18(14-17(16)2)29-34(32,33)19-12-13-25-24(15-19)20-8-5-9-21(20)26(28-25)22-6-3-4-7-23(22)27(30)31/h3-8,10-15,20-21,26,28-29H,9H2,1-2H3,(H,30,31)/t20-,21+,26-/m0/s1. The lowest BCUT2D eigenvalue weighted by Crippen LogP contribution is -2.30. The Balaban J connectivity index is 1.50. The summed E-state index contributed by atoms with van der Waals surface area (Å²) in [6.07, 6.45) is 4.98. The molecular formula is C27H26N2O4S. The third kappa shape index (κ3) is 3.86. The molecule has 3 atom stereocenters. The number of nitrogens with one attached hydrogen (secondary N) is 2. The quantitative estimate of drug-likeness (QED) is 0.417. The molecule has 0 saturated heterocycles. The van der Waals surface area contributed by atoms with Gasteiger partial charge in [-0.3, -0.25) is 4.72 Å². The molecule has 1 aliphatic carbocycles. The number of carboxylic acid groups (broad SMARTS) is 1. The highest BCUT2D eigenvalue weighted by Crippen LogP contribution is 2.50. The number of hydrogen-bond donors (Lipinski definition) is 3. The van der Waals surface area contributed by atoms with Crippen molar-refractivity contribution in [1.82, 2.24) is 0 Å². The second-order valence-electron chi connectivity index (χ2n) is 9.02. The lowest BCUT2D eigenvalue weighted by Gasteiger charge is -2.38. The monoisotopic (exact) mass is 474 g/mol. The van der Waals surface area contributed by atoms with Gasteiger partial charge >= 0.3 is 5.97 Å². The van der Waals surface area contributed by atoms with E-state index in [0.29, 0.717) is 5.69 Å². The largest absolute Gasteiger partial charge is 0.478 e. The molecule has 0 unspecified atom stereocenters. The zero-order chi connectivity index (χ0) is 24.0. The van der Waals surface area contributed by atoms with Crippen LogP contribution in [0, 0.1) is 19.8 Å². The van der Waals surface area contributed by atoms with Crippen LogP contribution in [-0.4, -0.2) is 19.5 Å². The maximum atomic E-state index is 13.2. The fourth-order valence-corrected chi connectivity index (χ4v) is 6.11. The van der Waals surface area contributed by atoms with Crippen molar-refractivity contribution < 1.29 is 18.3 Å². The van der Waals surface area contributed by atoms with Gasteiger partial charge in [-0.25, -0.2) is 13.2 Å². The van der Waals surface area contributed by atoms with E-state index in [-0.39, 0.29) is 28.3 Å². The molecule has 0 saturated carbocycles. The van der Waals surface area contributed by atoms with Crippen molar-refractivity contribution in [3.8, 4) is 0 Å². The molecule has 0 radical (unpaired) electrons. The summed E-state index contributed by atoms with van der Waals surface area (Å²) >= 11 is 0. The summed E-state index contributed by atoms with van der Waals surface area (Å²) in [7, 11) is -3.77. The number of hydrogen-bond acceptors (Lipinski definition) is 4. The average Bonchev–Trinajstić information content (AvgIpc) is 3.31. The van der Waals surface area contributed by atoms with Crippen LogP contribution in [-0.2, 0) is 10.0 Å². The van der Waals surface area contributed by atoms with Crippen LogP contribution in [0.1, 0.15) is 51.0 Å². The van der Waals surface area contributed by atoms with Crippen LogP contribution in [0.2, 0.25) is 0 Å². The summed E-state index contributed by atoms with van der Waals surface area (Å²) in [5.41, 5.74) is 5.40. The van der Waals surface area contributed by atoms with E-state index >= 15 is 0 Å². The van der Waals surface area contributed by atoms with Crippen molar-refractivity contribution in [1.29, 1.82) is 0 Å². The van der Waals surface area contributed by atoms with Gasteiger partial charge in [0.25, 0.3) is 10.0 Å². The zero-order valence-electron chi connectivity index (χ0n) is 18.9. The van der Waals surface area contributed by atoms with Crippen LogP contribution in [0.5, 0.6) is 0 Å². The van der Waals surface area contributed by atoms with Gasteiger partial charge in [0.05, 0.1) is 16.5 Å². The lowest BCUT2D eigenvalue weighted by molar-refractivity contribution is 0.0694. The molecule has 34 heavy (non-hydrogen) atoms. The lowest BCUT2D eigenvalue weighted by atomic mass is 9.76. The van der Waals surface area contributed by atoms with E-state index in [4.69, 9.17) is 0 Å². The Kier molecular flexibility index (Phi) is 5.44. The summed E-state index contributed by atoms with van der Waals surface area (Å²) in [6, 6.07) is 17.5. The number of fused-ring (bicyclic) bond motifs is 3. The minimum absolute atomic E-state index is 0.000120. The normalized spacial score (nSPS) is 20.8. The van der Waals surface area contributed by atoms with Gasteiger partial charge in [0.2, 0.25) is 0 Å². The topological polar surface area (TPSA) is 95.5 Å². The van der Waals surface area contributed by atoms with Crippen LogP contribution in [0.25, 0.3) is 0 Å². The molecule has 3 aromatic carbocycles. The van der Waals surface area contributed by atoms with Gasteiger partial charge in [-0.05, 0) is 84.8 Å². The number of carboxylic acids is 1. The van der Waals surface area contributed by atoms with E-state index in [0.717, 1.165) is 34.4 Å². The highest BCUT2D eigenvalue weighted by Gasteiger charge is 2.39. The molecule has 0 fully saturated rings. The maximum Gasteiger partial charge on any atom is 0.336 e. The molecule has 0 bridgehead atoms. The number of aromatic carboxylic acids is 1. The molecule has 1 heterocycles. The van der Waals surface area contributed by atoms with Crippen molar-refractivity contribution in [2.75, 3.05) is 10.0 Å². The third-order valence-electron chi connectivity index (χ3n) is 6.93. The Labute approximate surface area is 199 Å². The smallest absolute Gasteiger partial charge is 0.336 e. The van der Waals surface area contributed by atoms with Gasteiger partial charge in [0.15, 0.2) is 0 Å². The molecule has 5 rings (SSSR count). The number of allylic oxidation sites excluding steroid dienone is 2. The molecule has 6 nitrogen and oxygen atoms in total. The first-order valence-electron chi connectivity index (χ1n) is 11.2. The molecule has 0 amide bonds. The first-order valence-corrected chi connectivity index (χ1v) is 12.7. The van der Waals surface area contributed by atoms with Crippen molar-refractivity contribution in [3.05, 3.63) is 101 Å². The highest BCUT2D eigenvalue weighted by atomic mass is 32.2. The van der Waals surface area contributed by atoms with E-state index in [2.05, 4.69) is 22.2 Å². The molecule has 1 aliphatic heterocycles. The molecule has 7 heteroatoms. The van der Waals surface area contributed by atoms with Crippen molar-refractivity contribution in [3.63, 3.8) is 0 Å². The first-order chi connectivity index (χ1) is 16.2. The van der Waals surface area contributed by atoms with Gasteiger partial charge in [-0.2, -0.15) is 0 Å². The van der Waals surface area contributed by atoms with Gasteiger partial charge in [0.1, 0.15) is 0 Å². The fraction of sp³-hybridized carbons (Fsp3) is 0.222. The van der Waals surface area contributed by atoms with Crippen molar-refractivity contribution in [2.45, 2.75) is 37.1 Å². The van der Waals surface area contributed by atoms with Crippen LogP contribution in [0.15, 0.2) is 77.7 Å². The number of carbonyl (C=O) groups is 1. The molecule has 0 spiro atoms. The number of aryl methyl sites for hydroxylation is 2. The fourth-order valence-electron chi connectivity index (χ4n) is 5.03. The number of anilines is 2. The van der Waals surface area contributed by atoms with E-state index in [1.54, 1.807) is 36.4 Å². The zero-order valence-corrected chi connectivity index (χ0v) is 19.8.